The molecule has 3 rings (SSSR count). The van der Waals surface area contributed by atoms with Crippen LogP contribution in [0.2, 0.25) is 0 Å². The molecule has 0 saturated carbocycles. The van der Waals surface area contributed by atoms with Crippen molar-refractivity contribution < 1.29 is 19.1 Å². The molecule has 122 valence electrons. The summed E-state index contributed by atoms with van der Waals surface area (Å²) in [7, 11) is 0. The van der Waals surface area contributed by atoms with Gasteiger partial charge in [-0.25, -0.2) is 9.97 Å². The number of hydrogen-bond acceptors (Lipinski definition) is 6. The van der Waals surface area contributed by atoms with E-state index in [4.69, 9.17) is 4.74 Å². The first kappa shape index (κ1) is 15.9. The van der Waals surface area contributed by atoms with Gasteiger partial charge in [-0.2, -0.15) is 0 Å². The van der Waals surface area contributed by atoms with E-state index in [1.54, 1.807) is 17.3 Å². The van der Waals surface area contributed by atoms with Crippen molar-refractivity contribution in [1.82, 2.24) is 19.8 Å². The fourth-order valence-corrected chi connectivity index (χ4v) is 2.80. The summed E-state index contributed by atoms with van der Waals surface area (Å²) in [5.74, 6) is -0.798. The van der Waals surface area contributed by atoms with Crippen LogP contribution in [0.4, 0.5) is 0 Å². The van der Waals surface area contributed by atoms with Crippen molar-refractivity contribution >= 4 is 33.7 Å². The quantitative estimate of drug-likeness (QED) is 0.698. The number of likely N-dealkylation sites (tertiary alicyclic amines) is 2. The van der Waals surface area contributed by atoms with Crippen molar-refractivity contribution in [3.63, 3.8) is 0 Å². The number of amides is 3. The summed E-state index contributed by atoms with van der Waals surface area (Å²) in [4.78, 5) is 46.0. The minimum atomic E-state index is -0.279. The van der Waals surface area contributed by atoms with Gasteiger partial charge in [0, 0.05) is 38.2 Å². The highest BCUT2D eigenvalue weighted by Gasteiger charge is 2.34. The van der Waals surface area contributed by atoms with Gasteiger partial charge in [0.25, 0.3) is 0 Å². The largest absolute Gasteiger partial charge is 0.458 e. The van der Waals surface area contributed by atoms with Crippen molar-refractivity contribution in [2.24, 2.45) is 0 Å². The zero-order valence-corrected chi connectivity index (χ0v) is 13.9. The number of hydrogen-bond donors (Lipinski definition) is 0. The van der Waals surface area contributed by atoms with Crippen molar-refractivity contribution in [3.05, 3.63) is 16.9 Å². The number of ether oxygens (including phenoxy) is 1. The van der Waals surface area contributed by atoms with E-state index in [0.717, 1.165) is 9.37 Å². The third-order valence-electron chi connectivity index (χ3n) is 3.81. The number of aromatic nitrogens is 2. The van der Waals surface area contributed by atoms with Crippen LogP contribution in [-0.4, -0.2) is 63.2 Å². The molecule has 0 spiro atoms. The first-order valence-corrected chi connectivity index (χ1v) is 8.07. The summed E-state index contributed by atoms with van der Waals surface area (Å²) in [6.07, 6.45) is 4.03. The normalized spacial score (nSPS) is 21.2. The molecule has 0 N–H and O–H groups in total. The van der Waals surface area contributed by atoms with Crippen molar-refractivity contribution in [2.45, 2.75) is 25.4 Å². The maximum atomic E-state index is 12.2. The molecular weight excluding hydrogens is 368 g/mol. The van der Waals surface area contributed by atoms with Crippen LogP contribution >= 0.6 is 15.9 Å². The number of imide groups is 1. The molecule has 9 heteroatoms. The van der Waals surface area contributed by atoms with Gasteiger partial charge >= 0.3 is 6.01 Å². The molecule has 0 bridgehead atoms. The third kappa shape index (κ3) is 3.66. The third-order valence-corrected chi connectivity index (χ3v) is 4.22. The molecule has 1 unspecified atom stereocenters. The molecule has 8 nitrogen and oxygen atoms in total. The second kappa shape index (κ2) is 6.61. The number of carbonyl (C=O) groups is 3. The molecule has 23 heavy (non-hydrogen) atoms. The summed E-state index contributed by atoms with van der Waals surface area (Å²) in [5.41, 5.74) is 0. The van der Waals surface area contributed by atoms with Gasteiger partial charge in [0.2, 0.25) is 17.7 Å². The van der Waals surface area contributed by atoms with Crippen LogP contribution in [0, 0.1) is 0 Å². The molecule has 3 heterocycles. The second-order valence-corrected chi connectivity index (χ2v) is 6.34. The molecule has 1 aromatic heterocycles. The standard InChI is InChI=1S/C14H15BrN4O4/c15-9-5-16-14(17-6-9)23-10-3-4-18(7-10)13(22)8-19-11(20)1-2-12(19)21/h5-6,10H,1-4,7-8H2. The van der Waals surface area contributed by atoms with Crippen LogP contribution in [-0.2, 0) is 14.4 Å². The average molecular weight is 383 g/mol. The summed E-state index contributed by atoms with van der Waals surface area (Å²) in [6, 6.07) is 0.261. The predicted octanol–water partition coefficient (Wildman–Crippen LogP) is 0.368. The Kier molecular flexibility index (Phi) is 4.56. The van der Waals surface area contributed by atoms with E-state index in [0.29, 0.717) is 19.5 Å². The van der Waals surface area contributed by atoms with Gasteiger partial charge < -0.3 is 9.64 Å². The van der Waals surface area contributed by atoms with Crippen molar-refractivity contribution in [2.75, 3.05) is 19.6 Å². The zero-order valence-electron chi connectivity index (χ0n) is 12.3. The van der Waals surface area contributed by atoms with Gasteiger partial charge in [0.05, 0.1) is 11.0 Å². The first-order valence-electron chi connectivity index (χ1n) is 7.28. The fourth-order valence-electron chi connectivity index (χ4n) is 2.60. The maximum absolute atomic E-state index is 12.2. The maximum Gasteiger partial charge on any atom is 0.316 e. The van der Waals surface area contributed by atoms with E-state index >= 15 is 0 Å². The van der Waals surface area contributed by atoms with E-state index in [1.165, 1.54) is 0 Å². The lowest BCUT2D eigenvalue weighted by molar-refractivity contribution is -0.145. The monoisotopic (exact) mass is 382 g/mol. The van der Waals surface area contributed by atoms with E-state index in [9.17, 15) is 14.4 Å². The number of rotatable bonds is 4. The van der Waals surface area contributed by atoms with Crippen LogP contribution in [0.5, 0.6) is 6.01 Å². The van der Waals surface area contributed by atoms with Gasteiger partial charge in [-0.05, 0) is 15.9 Å². The van der Waals surface area contributed by atoms with E-state index < -0.39 is 0 Å². The van der Waals surface area contributed by atoms with Gasteiger partial charge in [0.15, 0.2) is 0 Å². The van der Waals surface area contributed by atoms with E-state index in [1.807, 2.05) is 0 Å². The van der Waals surface area contributed by atoms with Crippen LogP contribution in [0.3, 0.4) is 0 Å². The summed E-state index contributed by atoms with van der Waals surface area (Å²) in [5, 5.41) is 0. The lowest BCUT2D eigenvalue weighted by atomic mass is 10.3. The van der Waals surface area contributed by atoms with E-state index in [2.05, 4.69) is 25.9 Å². The Balaban J connectivity index is 1.52. The second-order valence-electron chi connectivity index (χ2n) is 5.43. The molecule has 1 aromatic rings. The van der Waals surface area contributed by atoms with Gasteiger partial charge in [-0.15, -0.1) is 0 Å². The fraction of sp³-hybridized carbons (Fsp3) is 0.500. The minimum absolute atomic E-state index is 0.181. The zero-order chi connectivity index (χ0) is 16.4. The predicted molar refractivity (Wildman–Crippen MR) is 81.3 cm³/mol. The lowest BCUT2D eigenvalue weighted by Gasteiger charge is -2.20. The molecule has 2 saturated heterocycles. The highest BCUT2D eigenvalue weighted by molar-refractivity contribution is 9.10. The molecule has 3 amide bonds. The molecule has 0 aromatic carbocycles. The smallest absolute Gasteiger partial charge is 0.316 e. The lowest BCUT2D eigenvalue weighted by Crippen LogP contribution is -2.42. The number of nitrogens with zero attached hydrogens (tertiary/aromatic N) is 4. The Morgan fingerprint density at radius 3 is 2.57 bits per heavy atom. The van der Waals surface area contributed by atoms with Crippen molar-refractivity contribution in [1.29, 1.82) is 0 Å². The summed E-state index contributed by atoms with van der Waals surface area (Å²) < 4.78 is 6.40. The Morgan fingerprint density at radius 1 is 1.26 bits per heavy atom. The minimum Gasteiger partial charge on any atom is -0.458 e. The van der Waals surface area contributed by atoms with Crippen LogP contribution in [0.25, 0.3) is 0 Å². The number of halogens is 1. The van der Waals surface area contributed by atoms with Crippen LogP contribution in [0.15, 0.2) is 16.9 Å². The van der Waals surface area contributed by atoms with Gasteiger partial charge in [-0.1, -0.05) is 0 Å². The molecule has 1 atom stereocenters. The van der Waals surface area contributed by atoms with Gasteiger partial charge in [0.1, 0.15) is 12.6 Å². The van der Waals surface area contributed by atoms with Crippen molar-refractivity contribution in [3.8, 4) is 6.01 Å². The molecule has 2 aliphatic heterocycles. The highest BCUT2D eigenvalue weighted by Crippen LogP contribution is 2.18. The van der Waals surface area contributed by atoms with Gasteiger partial charge in [-0.3, -0.25) is 19.3 Å². The molecule has 0 radical (unpaired) electrons. The van der Waals surface area contributed by atoms with Crippen LogP contribution in [0.1, 0.15) is 19.3 Å². The summed E-state index contributed by atoms with van der Waals surface area (Å²) >= 11 is 3.24. The first-order chi connectivity index (χ1) is 11.0. The Labute approximate surface area is 140 Å². The Hall–Kier alpha value is -2.03. The van der Waals surface area contributed by atoms with Crippen LogP contribution < -0.4 is 4.74 Å². The molecule has 0 aliphatic carbocycles. The molecule has 2 aliphatic rings. The SMILES string of the molecule is O=C(CN1C(=O)CCC1=O)N1CCC(Oc2ncc(Br)cn2)C1. The average Bonchev–Trinajstić information content (AvgIpc) is 3.11. The molecule has 2 fully saturated rings. The molecular formula is C14H15BrN4O4. The van der Waals surface area contributed by atoms with E-state index in [-0.39, 0.29) is 49.2 Å². The Bertz CT molecular complexity index is 620. The highest BCUT2D eigenvalue weighted by atomic mass is 79.9. The topological polar surface area (TPSA) is 92.7 Å². The number of carbonyl (C=O) groups excluding carboxylic acids is 3. The Morgan fingerprint density at radius 2 is 1.91 bits per heavy atom. The summed E-state index contributed by atoms with van der Waals surface area (Å²) in [6.45, 7) is 0.740.